The summed E-state index contributed by atoms with van der Waals surface area (Å²) >= 11 is 3.05. The molecule has 0 aliphatic rings. The molecule has 0 saturated carbocycles. The molecule has 0 amide bonds. The standard InChI is InChI=1S/C6H16O3P.3C6H15O3P.Pd/c4*1-4-7-10(8-5-2)9-6-3;/h10H,4-6H2,1-3H3;3*4-6H2,1-3H3;/q+1;;;;-1. The van der Waals surface area contributed by atoms with Gasteiger partial charge in [0, 0.05) is 0 Å². The van der Waals surface area contributed by atoms with E-state index in [-0.39, 0.29) is 0 Å². The first kappa shape index (κ1) is 49.8. The molecule has 0 rings (SSSR count). The Labute approximate surface area is 266 Å². The van der Waals surface area contributed by atoms with Gasteiger partial charge >= 0.3 is 105 Å². The van der Waals surface area contributed by atoms with Gasteiger partial charge in [-0.1, -0.05) is 0 Å². The molecule has 0 bridgehead atoms. The van der Waals surface area contributed by atoms with Crippen LogP contribution in [0.3, 0.4) is 0 Å². The summed E-state index contributed by atoms with van der Waals surface area (Å²) in [5.41, 5.74) is 0. The zero-order chi connectivity index (χ0) is 32.2. The summed E-state index contributed by atoms with van der Waals surface area (Å²) in [4.78, 5) is 0. The topological polar surface area (TPSA) is 111 Å². The van der Waals surface area contributed by atoms with E-state index < -0.39 is 31.9 Å². The van der Waals surface area contributed by atoms with Crippen molar-refractivity contribution in [3.63, 3.8) is 0 Å². The van der Waals surface area contributed by atoms with Gasteiger partial charge in [0.1, 0.15) is 0 Å². The molecule has 0 aliphatic carbocycles. The zero-order valence-electron chi connectivity index (χ0n) is 27.5. The molecule has 259 valence electrons. The number of rotatable bonds is 24. The van der Waals surface area contributed by atoms with Gasteiger partial charge in [-0.25, -0.2) is 0 Å². The minimum atomic E-state index is -2.40. The van der Waals surface area contributed by atoms with Crippen molar-refractivity contribution in [3.05, 3.63) is 0 Å². The second kappa shape index (κ2) is 41.9. The predicted octanol–water partition coefficient (Wildman–Crippen LogP) is 9.02. The maximum atomic E-state index is 5.34. The minimum absolute atomic E-state index is 0.618. The van der Waals surface area contributed by atoms with Crippen LogP contribution in [0.25, 0.3) is 0 Å². The molecular weight excluding hydrogens is 711 g/mol. The van der Waals surface area contributed by atoms with Crippen molar-refractivity contribution in [1.29, 1.82) is 0 Å². The van der Waals surface area contributed by atoms with Crippen molar-refractivity contribution in [2.24, 2.45) is 0 Å². The molecule has 0 fully saturated rings. The Kier molecular flexibility index (Phi) is 50.9. The van der Waals surface area contributed by atoms with Crippen LogP contribution in [0.1, 0.15) is 83.1 Å². The SMILES string of the molecule is CCOP(OCC)OCC.CCOP(OCC)OCC.CCOP(OCC)OCC.CCO[PH]([Pd])(OCC)OCC. The molecule has 0 radical (unpaired) electrons. The Morgan fingerprint density at radius 3 is 0.561 bits per heavy atom. The van der Waals surface area contributed by atoms with Crippen molar-refractivity contribution < 1.29 is 73.0 Å². The molecule has 0 heterocycles. The summed E-state index contributed by atoms with van der Waals surface area (Å²) in [5.74, 6) is 0. The van der Waals surface area contributed by atoms with Gasteiger partial charge in [0.05, 0.1) is 59.5 Å². The van der Waals surface area contributed by atoms with Crippen LogP contribution in [-0.4, -0.2) is 79.3 Å². The van der Waals surface area contributed by atoms with E-state index in [4.69, 9.17) is 54.3 Å². The second-order valence-corrected chi connectivity index (χ2v) is 14.4. The van der Waals surface area contributed by atoms with Gasteiger partial charge in [-0.15, -0.1) is 0 Å². The van der Waals surface area contributed by atoms with Crippen LogP contribution in [-0.2, 0) is 73.0 Å². The van der Waals surface area contributed by atoms with E-state index in [0.29, 0.717) is 79.3 Å². The first-order valence-electron chi connectivity index (χ1n) is 14.4. The van der Waals surface area contributed by atoms with Crippen LogP contribution in [0, 0.1) is 0 Å². The fourth-order valence-corrected chi connectivity index (χ4v) is 7.72. The predicted molar refractivity (Wildman–Crippen MR) is 169 cm³/mol. The van der Waals surface area contributed by atoms with Gasteiger partial charge in [-0.2, -0.15) is 0 Å². The summed E-state index contributed by atoms with van der Waals surface area (Å²) in [5, 5.41) is 0. The molecule has 41 heavy (non-hydrogen) atoms. The van der Waals surface area contributed by atoms with Gasteiger partial charge < -0.3 is 40.7 Å². The third-order valence-electron chi connectivity index (χ3n) is 3.03. The quantitative estimate of drug-likeness (QED) is 0.0690. The van der Waals surface area contributed by atoms with Gasteiger partial charge in [0.15, 0.2) is 0 Å². The molecule has 0 aromatic carbocycles. The molecule has 0 aliphatic heterocycles. The summed E-state index contributed by atoms with van der Waals surface area (Å²) < 4.78 is 62.3. The van der Waals surface area contributed by atoms with E-state index in [1.165, 1.54) is 0 Å². The molecule has 0 aromatic heterocycles. The van der Waals surface area contributed by atoms with Crippen molar-refractivity contribution in [3.8, 4) is 0 Å². The fourth-order valence-electron chi connectivity index (χ4n) is 1.90. The molecule has 0 atom stereocenters. The molecule has 0 N–H and O–H groups in total. The normalized spacial score (nSPS) is 11.5. The van der Waals surface area contributed by atoms with E-state index in [1.807, 2.05) is 83.1 Å². The van der Waals surface area contributed by atoms with Crippen LogP contribution in [0.5, 0.6) is 0 Å². The third kappa shape index (κ3) is 39.9. The van der Waals surface area contributed by atoms with Crippen LogP contribution >= 0.6 is 31.9 Å². The first-order chi connectivity index (χ1) is 19.7. The molecule has 17 heteroatoms. The Morgan fingerprint density at radius 2 is 0.463 bits per heavy atom. The number of hydrogen-bond acceptors (Lipinski definition) is 12. The molecule has 0 unspecified atom stereocenters. The molecule has 0 spiro atoms. The van der Waals surface area contributed by atoms with Gasteiger partial charge in [-0.3, -0.25) is 0 Å². The first-order valence-corrected chi connectivity index (χ1v) is 21.5. The van der Waals surface area contributed by atoms with Gasteiger partial charge in [0.2, 0.25) is 0 Å². The van der Waals surface area contributed by atoms with E-state index in [2.05, 4.69) is 18.7 Å². The molecule has 12 nitrogen and oxygen atoms in total. The van der Waals surface area contributed by atoms with Crippen LogP contribution in [0.2, 0.25) is 0 Å². The van der Waals surface area contributed by atoms with Crippen LogP contribution in [0.4, 0.5) is 0 Å². The van der Waals surface area contributed by atoms with Crippen molar-refractivity contribution in [2.75, 3.05) is 79.3 Å². The van der Waals surface area contributed by atoms with Crippen LogP contribution < -0.4 is 0 Å². The van der Waals surface area contributed by atoms with E-state index in [0.717, 1.165) is 0 Å². The monoisotopic (exact) mass is 771 g/mol. The molecular formula is C24H61O12P4Pd. The van der Waals surface area contributed by atoms with E-state index in [9.17, 15) is 0 Å². The summed E-state index contributed by atoms with van der Waals surface area (Å²) in [7, 11) is -3.18. The molecule has 0 aromatic rings. The summed E-state index contributed by atoms with van der Waals surface area (Å²) in [6, 6.07) is 0. The van der Waals surface area contributed by atoms with Crippen molar-refractivity contribution in [2.45, 2.75) is 83.1 Å². The maximum absolute atomic E-state index is 5.34. The summed E-state index contributed by atoms with van der Waals surface area (Å²) in [6.07, 6.45) is -2.40. The Balaban J connectivity index is -0.000000223. The van der Waals surface area contributed by atoms with Gasteiger partial charge in [-0.05, 0) is 62.3 Å². The van der Waals surface area contributed by atoms with E-state index in [1.54, 1.807) is 0 Å². The zero-order valence-corrected chi connectivity index (χ0v) is 32.8. The van der Waals surface area contributed by atoms with Crippen LogP contribution in [0.15, 0.2) is 0 Å². The second-order valence-electron chi connectivity index (χ2n) is 6.17. The Morgan fingerprint density at radius 1 is 0.317 bits per heavy atom. The van der Waals surface area contributed by atoms with Crippen molar-refractivity contribution >= 4 is 31.9 Å². The Bertz CT molecular complexity index is 366. The average molecular weight is 772 g/mol. The summed E-state index contributed by atoms with van der Waals surface area (Å²) in [6.45, 7) is 30.7. The van der Waals surface area contributed by atoms with E-state index >= 15 is 0 Å². The molecule has 0 saturated heterocycles. The third-order valence-corrected chi connectivity index (χ3v) is 11.1. The van der Waals surface area contributed by atoms with Crippen molar-refractivity contribution in [1.82, 2.24) is 0 Å². The Hall–Kier alpha value is 1.90. The number of hydrogen-bond donors (Lipinski definition) is 0. The average Bonchev–Trinajstić information content (AvgIpc) is 2.92. The van der Waals surface area contributed by atoms with Gasteiger partial charge in [0.25, 0.3) is 0 Å². The fraction of sp³-hybridized carbons (Fsp3) is 1.00.